The second-order valence-corrected chi connectivity index (χ2v) is 12.3. The van der Waals surface area contributed by atoms with Crippen molar-refractivity contribution in [2.75, 3.05) is 23.7 Å². The van der Waals surface area contributed by atoms with Crippen molar-refractivity contribution in [3.05, 3.63) is 71.1 Å². The van der Waals surface area contributed by atoms with Crippen molar-refractivity contribution in [1.82, 2.24) is 20.1 Å². The lowest BCUT2D eigenvalue weighted by Crippen LogP contribution is -2.50. The first-order valence-corrected chi connectivity index (χ1v) is 15.4. The SMILES string of the molecule is CCn1nc(-c2ccc(NS(=O)(=O)c3ccccc3Cl)c(F)c2)c2c(N)ncc(C3=CC[C@H](NC4COC4)CC3)c21. The van der Waals surface area contributed by atoms with E-state index < -0.39 is 15.8 Å². The van der Waals surface area contributed by atoms with Gasteiger partial charge >= 0.3 is 0 Å². The van der Waals surface area contributed by atoms with Gasteiger partial charge in [0.15, 0.2) is 0 Å². The summed E-state index contributed by atoms with van der Waals surface area (Å²) in [4.78, 5) is 4.35. The standard InChI is InChI=1S/C29H30ClFN6O3S/c1-2-37-28-21(17-7-10-19(11-8-17)34-20-15-40-16-20)14-33-29(32)26(28)27(35-37)18-9-12-24(23(31)13-18)36-41(38,39)25-6-4-3-5-22(25)30/h3-7,9,12-14,19-20,34,36H,2,8,10-11,15-16H2,1H3,(H2,32,33)/t19-/m0/s1. The van der Waals surface area contributed by atoms with Gasteiger partial charge in [0.25, 0.3) is 10.0 Å². The molecule has 1 aliphatic heterocycles. The van der Waals surface area contributed by atoms with Crippen molar-refractivity contribution in [1.29, 1.82) is 0 Å². The number of pyridine rings is 1. The Labute approximate surface area is 242 Å². The molecule has 0 bridgehead atoms. The first-order valence-electron chi connectivity index (χ1n) is 13.5. The normalized spacial score (nSPS) is 17.8. The third-order valence-electron chi connectivity index (χ3n) is 7.58. The summed E-state index contributed by atoms with van der Waals surface area (Å²) in [5, 5.41) is 9.12. The number of hydrogen-bond donors (Lipinski definition) is 3. The zero-order valence-corrected chi connectivity index (χ0v) is 24.0. The molecular weight excluding hydrogens is 567 g/mol. The third kappa shape index (κ3) is 5.30. The summed E-state index contributed by atoms with van der Waals surface area (Å²) in [6.07, 6.45) is 6.83. The van der Waals surface area contributed by atoms with Gasteiger partial charge in [-0.1, -0.05) is 35.9 Å². The molecule has 4 aromatic rings. The van der Waals surface area contributed by atoms with Gasteiger partial charge in [-0.3, -0.25) is 9.40 Å². The van der Waals surface area contributed by atoms with E-state index in [1.807, 2.05) is 11.6 Å². The first-order chi connectivity index (χ1) is 19.7. The fourth-order valence-corrected chi connectivity index (χ4v) is 6.99. The van der Waals surface area contributed by atoms with Crippen LogP contribution >= 0.6 is 11.6 Å². The molecule has 1 saturated heterocycles. The summed E-state index contributed by atoms with van der Waals surface area (Å²) in [6.45, 7) is 4.09. The predicted molar refractivity (Wildman–Crippen MR) is 159 cm³/mol. The minimum Gasteiger partial charge on any atom is -0.383 e. The van der Waals surface area contributed by atoms with Crippen molar-refractivity contribution < 1.29 is 17.5 Å². The van der Waals surface area contributed by atoms with Gasteiger partial charge in [0.2, 0.25) is 0 Å². The van der Waals surface area contributed by atoms with E-state index in [4.69, 9.17) is 27.2 Å². The van der Waals surface area contributed by atoms with Crippen LogP contribution in [0.5, 0.6) is 0 Å². The number of fused-ring (bicyclic) bond motifs is 1. The van der Waals surface area contributed by atoms with E-state index in [0.717, 1.165) is 43.6 Å². The fraction of sp³-hybridized carbons (Fsp3) is 0.310. The maximum Gasteiger partial charge on any atom is 0.263 e. The van der Waals surface area contributed by atoms with Crippen LogP contribution in [0.25, 0.3) is 27.7 Å². The Hall–Kier alpha value is -3.51. The smallest absolute Gasteiger partial charge is 0.263 e. The highest BCUT2D eigenvalue weighted by Gasteiger charge is 2.26. The molecule has 2 aliphatic rings. The largest absolute Gasteiger partial charge is 0.383 e. The molecule has 12 heteroatoms. The average molecular weight is 597 g/mol. The number of aromatic nitrogens is 3. The van der Waals surface area contributed by atoms with Gasteiger partial charge in [0.1, 0.15) is 22.2 Å². The molecule has 2 aromatic carbocycles. The number of rotatable bonds is 8. The van der Waals surface area contributed by atoms with E-state index >= 15 is 4.39 Å². The Kier molecular flexibility index (Phi) is 7.45. The topological polar surface area (TPSA) is 124 Å². The minimum atomic E-state index is -4.10. The van der Waals surface area contributed by atoms with Crippen molar-refractivity contribution in [3.8, 4) is 11.3 Å². The van der Waals surface area contributed by atoms with Crippen LogP contribution in [-0.2, 0) is 21.3 Å². The monoisotopic (exact) mass is 596 g/mol. The molecule has 1 atom stereocenters. The number of allylic oxidation sites excluding steroid dienone is 1. The number of nitrogens with one attached hydrogen (secondary N) is 2. The Morgan fingerprint density at radius 1 is 1.20 bits per heavy atom. The molecule has 214 valence electrons. The summed E-state index contributed by atoms with van der Waals surface area (Å²) in [6, 6.07) is 11.1. The van der Waals surface area contributed by atoms with E-state index in [-0.39, 0.29) is 15.6 Å². The second kappa shape index (κ2) is 11.1. The number of nitrogens with zero attached hydrogens (tertiary/aromatic N) is 3. The van der Waals surface area contributed by atoms with Crippen molar-refractivity contribution >= 4 is 49.6 Å². The van der Waals surface area contributed by atoms with Gasteiger partial charge in [0.05, 0.1) is 40.9 Å². The average Bonchev–Trinajstić information content (AvgIpc) is 3.33. The molecule has 9 nitrogen and oxygen atoms in total. The molecule has 0 spiro atoms. The molecular formula is C29H30ClFN6O3S. The molecule has 1 aliphatic carbocycles. The predicted octanol–water partition coefficient (Wildman–Crippen LogP) is 5.22. The summed E-state index contributed by atoms with van der Waals surface area (Å²) < 4.78 is 50.5. The molecule has 1 fully saturated rings. The van der Waals surface area contributed by atoms with Crippen LogP contribution in [0.3, 0.4) is 0 Å². The van der Waals surface area contributed by atoms with Crippen LogP contribution in [0.15, 0.2) is 59.6 Å². The van der Waals surface area contributed by atoms with Crippen LogP contribution in [0, 0.1) is 5.82 Å². The highest BCUT2D eigenvalue weighted by atomic mass is 35.5. The van der Waals surface area contributed by atoms with Gasteiger partial charge in [-0.15, -0.1) is 0 Å². The van der Waals surface area contributed by atoms with Crippen LogP contribution in [0.2, 0.25) is 5.02 Å². The van der Waals surface area contributed by atoms with Crippen LogP contribution in [-0.4, -0.2) is 48.5 Å². The number of anilines is 2. The van der Waals surface area contributed by atoms with Crippen LogP contribution in [0.1, 0.15) is 31.7 Å². The van der Waals surface area contributed by atoms with Crippen LogP contribution < -0.4 is 15.8 Å². The first kappa shape index (κ1) is 27.6. The molecule has 0 unspecified atom stereocenters. The highest BCUT2D eigenvalue weighted by Crippen LogP contribution is 2.39. The van der Waals surface area contributed by atoms with E-state index in [1.54, 1.807) is 24.4 Å². The molecule has 2 aromatic heterocycles. The minimum absolute atomic E-state index is 0.0419. The number of benzene rings is 2. The summed E-state index contributed by atoms with van der Waals surface area (Å²) in [5.74, 6) is -0.464. The maximum atomic E-state index is 15.3. The Morgan fingerprint density at radius 2 is 2.00 bits per heavy atom. The summed E-state index contributed by atoms with van der Waals surface area (Å²) in [7, 11) is -4.10. The van der Waals surface area contributed by atoms with Crippen LogP contribution in [0.4, 0.5) is 15.9 Å². The van der Waals surface area contributed by atoms with Gasteiger partial charge in [-0.05, 0) is 56.0 Å². The van der Waals surface area contributed by atoms with E-state index in [0.29, 0.717) is 41.1 Å². The van der Waals surface area contributed by atoms with E-state index in [9.17, 15) is 8.42 Å². The number of nitrogen functional groups attached to an aromatic ring is 1. The van der Waals surface area contributed by atoms with Crippen molar-refractivity contribution in [3.63, 3.8) is 0 Å². The fourth-order valence-electron chi connectivity index (χ4n) is 5.41. The van der Waals surface area contributed by atoms with Gasteiger partial charge in [0, 0.05) is 29.9 Å². The molecule has 4 N–H and O–H groups in total. The molecule has 0 amide bonds. The number of nitrogens with two attached hydrogens (primary N) is 1. The number of hydrogen-bond acceptors (Lipinski definition) is 7. The number of aryl methyl sites for hydroxylation is 1. The second-order valence-electron chi connectivity index (χ2n) is 10.3. The lowest BCUT2D eigenvalue weighted by Gasteiger charge is -2.33. The molecule has 6 rings (SSSR count). The molecule has 0 radical (unpaired) electrons. The lowest BCUT2D eigenvalue weighted by molar-refractivity contribution is -0.0103. The quantitative estimate of drug-likeness (QED) is 0.255. The number of sulfonamides is 1. The van der Waals surface area contributed by atoms with Crippen molar-refractivity contribution in [2.45, 2.75) is 49.7 Å². The Balaban J connectivity index is 1.34. The van der Waals surface area contributed by atoms with Gasteiger partial charge in [-0.2, -0.15) is 5.10 Å². The van der Waals surface area contributed by atoms with Gasteiger partial charge < -0.3 is 15.8 Å². The molecule has 0 saturated carbocycles. The Bertz CT molecular complexity index is 1770. The third-order valence-corrected chi connectivity index (χ3v) is 9.44. The zero-order chi connectivity index (χ0) is 28.7. The zero-order valence-electron chi connectivity index (χ0n) is 22.4. The van der Waals surface area contributed by atoms with Gasteiger partial charge in [-0.25, -0.2) is 17.8 Å². The number of ether oxygens (including phenoxy) is 1. The van der Waals surface area contributed by atoms with E-state index in [1.165, 1.54) is 29.8 Å². The lowest BCUT2D eigenvalue weighted by atomic mass is 9.89. The van der Waals surface area contributed by atoms with E-state index in [2.05, 4.69) is 21.1 Å². The maximum absolute atomic E-state index is 15.3. The Morgan fingerprint density at radius 3 is 2.66 bits per heavy atom. The summed E-state index contributed by atoms with van der Waals surface area (Å²) in [5.41, 5.74) is 10.1. The highest BCUT2D eigenvalue weighted by molar-refractivity contribution is 7.92. The molecule has 41 heavy (non-hydrogen) atoms. The molecule has 3 heterocycles. The number of halogens is 2. The van der Waals surface area contributed by atoms with Crippen molar-refractivity contribution in [2.24, 2.45) is 0 Å². The summed E-state index contributed by atoms with van der Waals surface area (Å²) >= 11 is 6.06.